The van der Waals surface area contributed by atoms with E-state index in [4.69, 9.17) is 21.7 Å². The minimum absolute atomic E-state index is 0.0477. The summed E-state index contributed by atoms with van der Waals surface area (Å²) in [5, 5.41) is 3.31. The van der Waals surface area contributed by atoms with E-state index < -0.39 is 5.92 Å². The smallest absolute Gasteiger partial charge is 0.257 e. The lowest BCUT2D eigenvalue weighted by Gasteiger charge is -2.38. The number of allylic oxidation sites excluding steroid dienone is 2. The van der Waals surface area contributed by atoms with Gasteiger partial charge in [-0.05, 0) is 48.2 Å². The molecule has 8 heteroatoms. The van der Waals surface area contributed by atoms with Crippen molar-refractivity contribution in [3.63, 3.8) is 0 Å². The lowest BCUT2D eigenvalue weighted by atomic mass is 9.69. The van der Waals surface area contributed by atoms with Gasteiger partial charge in [-0.25, -0.2) is 0 Å². The van der Waals surface area contributed by atoms with Crippen LogP contribution in [0.2, 0.25) is 0 Å². The van der Waals surface area contributed by atoms with E-state index >= 15 is 0 Å². The fraction of sp³-hybridized carbons (Fsp3) is 0.500. The molecule has 1 aliphatic heterocycles. The number of ether oxygens (including phenoxy) is 2. The molecular formula is C26H33N3O4S. The second-order valence-electron chi connectivity index (χ2n) is 9.91. The third kappa shape index (κ3) is 4.82. The number of carbonyl (C=O) groups excluding carboxylic acids is 1. The Morgan fingerprint density at radius 2 is 1.88 bits per heavy atom. The first kappa shape index (κ1) is 24.3. The average Bonchev–Trinajstić information content (AvgIpc) is 2.76. The Bertz CT molecular complexity index is 1240. The molecule has 0 saturated heterocycles. The van der Waals surface area contributed by atoms with E-state index in [9.17, 15) is 9.59 Å². The standard InChI is InChI=1S/C26H33N3O4S/c1-5-6-7-8-11-33-18-10-9-15(12-19(18)32-4)20-21-16(13-26(2,3)14-17(21)30)27-23-22(20)24(31)29-25(34)28-23/h9-10,12,20H,5-8,11,13-14H2,1-4H3,(H3,27,28,29,31,34). The highest BCUT2D eigenvalue weighted by Crippen LogP contribution is 2.48. The largest absolute Gasteiger partial charge is 0.493 e. The Kier molecular flexibility index (Phi) is 6.98. The molecule has 0 saturated carbocycles. The van der Waals surface area contributed by atoms with Crippen LogP contribution in [0.15, 0.2) is 34.3 Å². The summed E-state index contributed by atoms with van der Waals surface area (Å²) >= 11 is 5.21. The van der Waals surface area contributed by atoms with Crippen LogP contribution in [0.5, 0.6) is 11.5 Å². The summed E-state index contributed by atoms with van der Waals surface area (Å²) in [6.45, 7) is 6.96. The van der Waals surface area contributed by atoms with Crippen LogP contribution in [0, 0.1) is 10.2 Å². The number of anilines is 1. The molecule has 1 aromatic heterocycles. The predicted molar refractivity (Wildman–Crippen MR) is 135 cm³/mol. The highest BCUT2D eigenvalue weighted by Gasteiger charge is 2.42. The van der Waals surface area contributed by atoms with Gasteiger partial charge in [0.1, 0.15) is 5.82 Å². The number of unbranched alkanes of at least 4 members (excludes halogenated alkanes) is 3. The summed E-state index contributed by atoms with van der Waals surface area (Å²) in [4.78, 5) is 32.2. The second-order valence-corrected chi connectivity index (χ2v) is 10.3. The molecule has 1 atom stereocenters. The van der Waals surface area contributed by atoms with Crippen LogP contribution >= 0.6 is 12.2 Å². The molecule has 182 valence electrons. The summed E-state index contributed by atoms with van der Waals surface area (Å²) in [5.74, 6) is 1.30. The summed E-state index contributed by atoms with van der Waals surface area (Å²) in [5.41, 5.74) is 2.25. The van der Waals surface area contributed by atoms with Crippen LogP contribution in [0.1, 0.15) is 76.3 Å². The number of hydrogen-bond acceptors (Lipinski definition) is 6. The maximum atomic E-state index is 13.4. The third-order valence-corrected chi connectivity index (χ3v) is 6.73. The highest BCUT2D eigenvalue weighted by atomic mass is 32.1. The number of ketones is 1. The molecule has 0 spiro atoms. The molecule has 4 rings (SSSR count). The van der Waals surface area contributed by atoms with Gasteiger partial charge in [0, 0.05) is 23.6 Å². The number of aromatic nitrogens is 2. The minimum Gasteiger partial charge on any atom is -0.493 e. The summed E-state index contributed by atoms with van der Waals surface area (Å²) in [6, 6.07) is 5.66. The zero-order valence-electron chi connectivity index (χ0n) is 20.3. The number of rotatable bonds is 8. The Morgan fingerprint density at radius 3 is 2.62 bits per heavy atom. The van der Waals surface area contributed by atoms with Crippen molar-refractivity contribution < 1.29 is 14.3 Å². The van der Waals surface area contributed by atoms with E-state index in [1.807, 2.05) is 18.2 Å². The average molecular weight is 484 g/mol. The molecule has 3 N–H and O–H groups in total. The SMILES string of the molecule is CCCCCCOc1ccc(C2C3=C(CC(C)(C)CC3=O)Nc3[nH]c(=S)[nH]c(=O)c32)cc1OC. The van der Waals surface area contributed by atoms with Gasteiger partial charge in [-0.1, -0.05) is 46.1 Å². The van der Waals surface area contributed by atoms with E-state index in [1.165, 1.54) is 12.8 Å². The van der Waals surface area contributed by atoms with Crippen LogP contribution in [0.3, 0.4) is 0 Å². The predicted octanol–water partition coefficient (Wildman–Crippen LogP) is 5.60. The molecule has 7 nitrogen and oxygen atoms in total. The van der Waals surface area contributed by atoms with E-state index in [0.717, 1.165) is 24.1 Å². The number of methoxy groups -OCH3 is 1. The first-order valence-corrected chi connectivity index (χ1v) is 12.4. The van der Waals surface area contributed by atoms with Crippen LogP contribution in [0.4, 0.5) is 5.82 Å². The number of fused-ring (bicyclic) bond motifs is 1. The quantitative estimate of drug-likeness (QED) is 0.334. The van der Waals surface area contributed by atoms with Crippen LogP contribution in [0.25, 0.3) is 0 Å². The van der Waals surface area contributed by atoms with Gasteiger partial charge in [0.2, 0.25) is 0 Å². The van der Waals surface area contributed by atoms with Crippen molar-refractivity contribution in [3.8, 4) is 11.5 Å². The maximum absolute atomic E-state index is 13.4. The fourth-order valence-corrected chi connectivity index (χ4v) is 5.17. The zero-order chi connectivity index (χ0) is 24.5. The topological polar surface area (TPSA) is 96.2 Å². The van der Waals surface area contributed by atoms with Crippen molar-refractivity contribution in [1.29, 1.82) is 0 Å². The highest BCUT2D eigenvalue weighted by molar-refractivity contribution is 7.71. The number of aromatic amines is 2. The van der Waals surface area contributed by atoms with Crippen molar-refractivity contribution in [3.05, 3.63) is 55.7 Å². The molecule has 34 heavy (non-hydrogen) atoms. The summed E-state index contributed by atoms with van der Waals surface area (Å²) < 4.78 is 11.9. The molecule has 2 aliphatic rings. The Balaban J connectivity index is 1.77. The fourth-order valence-electron chi connectivity index (χ4n) is 4.97. The van der Waals surface area contributed by atoms with Crippen molar-refractivity contribution in [2.75, 3.05) is 19.0 Å². The van der Waals surface area contributed by atoms with Gasteiger partial charge in [0.15, 0.2) is 22.1 Å². The Hall–Kier alpha value is -2.87. The number of carbonyl (C=O) groups is 1. The molecular weight excluding hydrogens is 450 g/mol. The first-order chi connectivity index (χ1) is 16.2. The molecule has 0 amide bonds. The second kappa shape index (κ2) is 9.78. The van der Waals surface area contributed by atoms with Gasteiger partial charge >= 0.3 is 0 Å². The number of benzene rings is 1. The van der Waals surface area contributed by atoms with Gasteiger partial charge in [0.05, 0.1) is 19.3 Å². The molecule has 0 bridgehead atoms. The van der Waals surface area contributed by atoms with E-state index in [2.05, 4.69) is 36.1 Å². The summed E-state index contributed by atoms with van der Waals surface area (Å²) in [7, 11) is 1.60. The van der Waals surface area contributed by atoms with Crippen molar-refractivity contribution >= 4 is 23.8 Å². The van der Waals surface area contributed by atoms with E-state index in [1.54, 1.807) is 7.11 Å². The molecule has 1 unspecified atom stereocenters. The summed E-state index contributed by atoms with van der Waals surface area (Å²) in [6.07, 6.45) is 5.60. The van der Waals surface area contributed by atoms with Gasteiger partial charge in [0.25, 0.3) is 5.56 Å². The maximum Gasteiger partial charge on any atom is 0.257 e. The molecule has 2 heterocycles. The van der Waals surface area contributed by atoms with Gasteiger partial charge in [-0.3, -0.25) is 14.6 Å². The van der Waals surface area contributed by atoms with Gasteiger partial charge < -0.3 is 19.8 Å². The lowest BCUT2D eigenvalue weighted by Crippen LogP contribution is -2.36. The lowest BCUT2D eigenvalue weighted by molar-refractivity contribution is -0.118. The number of H-pyrrole nitrogens is 2. The Labute approximate surface area is 205 Å². The molecule has 1 aromatic carbocycles. The van der Waals surface area contributed by atoms with Gasteiger partial charge in [-0.2, -0.15) is 0 Å². The molecule has 1 aliphatic carbocycles. The number of nitrogens with one attached hydrogen (secondary N) is 3. The van der Waals surface area contributed by atoms with E-state index in [-0.39, 0.29) is 21.5 Å². The van der Waals surface area contributed by atoms with E-state index in [0.29, 0.717) is 47.9 Å². The van der Waals surface area contributed by atoms with Crippen LogP contribution in [-0.2, 0) is 4.79 Å². The molecule has 0 radical (unpaired) electrons. The first-order valence-electron chi connectivity index (χ1n) is 11.9. The van der Waals surface area contributed by atoms with Crippen molar-refractivity contribution in [1.82, 2.24) is 9.97 Å². The van der Waals surface area contributed by atoms with Crippen molar-refractivity contribution in [2.45, 2.75) is 65.2 Å². The Morgan fingerprint density at radius 1 is 1.09 bits per heavy atom. The van der Waals surface area contributed by atoms with Gasteiger partial charge in [-0.15, -0.1) is 0 Å². The number of Topliss-reactive ketones (excluding diaryl/α,β-unsaturated/α-hetero) is 1. The normalized spacial score (nSPS) is 18.7. The number of hydrogen-bond donors (Lipinski definition) is 3. The monoisotopic (exact) mass is 483 g/mol. The van der Waals surface area contributed by atoms with Crippen LogP contribution < -0.4 is 20.3 Å². The zero-order valence-corrected chi connectivity index (χ0v) is 21.1. The minimum atomic E-state index is -0.530. The molecule has 2 aromatic rings. The van der Waals surface area contributed by atoms with Crippen LogP contribution in [-0.4, -0.2) is 29.5 Å². The van der Waals surface area contributed by atoms with Crippen molar-refractivity contribution in [2.24, 2.45) is 5.41 Å². The molecule has 0 fully saturated rings. The third-order valence-electron chi connectivity index (χ3n) is 6.53.